The predicted octanol–water partition coefficient (Wildman–Crippen LogP) is 4.50. The van der Waals surface area contributed by atoms with Gasteiger partial charge in [0.1, 0.15) is 0 Å². The van der Waals surface area contributed by atoms with Crippen molar-refractivity contribution in [2.24, 2.45) is 5.92 Å². The molecule has 1 aromatic heterocycles. The van der Waals surface area contributed by atoms with Gasteiger partial charge in [-0.2, -0.15) is 0 Å². The molecular weight excluding hydrogens is 258 g/mol. The summed E-state index contributed by atoms with van der Waals surface area (Å²) in [5.41, 5.74) is 3.07. The molecule has 1 heterocycles. The van der Waals surface area contributed by atoms with Gasteiger partial charge in [-0.3, -0.25) is 4.79 Å². The van der Waals surface area contributed by atoms with E-state index in [-0.39, 0.29) is 5.78 Å². The van der Waals surface area contributed by atoms with Gasteiger partial charge < -0.3 is 4.57 Å². The van der Waals surface area contributed by atoms with Crippen molar-refractivity contribution in [1.82, 2.24) is 4.57 Å². The second-order valence-corrected chi connectivity index (χ2v) is 6.53. The number of aryl methyl sites for hydroxylation is 1. The molecule has 1 saturated carbocycles. The highest BCUT2D eigenvalue weighted by atomic mass is 35.5. The quantitative estimate of drug-likeness (QED) is 0.588. The van der Waals surface area contributed by atoms with Crippen molar-refractivity contribution in [3.63, 3.8) is 0 Å². The van der Waals surface area contributed by atoms with Gasteiger partial charge in [0, 0.05) is 23.5 Å². The number of nitrogens with zero attached hydrogens (tertiary/aromatic N) is 1. The van der Waals surface area contributed by atoms with Crippen LogP contribution in [0, 0.1) is 19.8 Å². The van der Waals surface area contributed by atoms with E-state index in [2.05, 4.69) is 11.5 Å². The number of carbonyl (C=O) groups is 1. The van der Waals surface area contributed by atoms with E-state index in [1.165, 1.54) is 37.8 Å². The molecule has 1 aromatic rings. The summed E-state index contributed by atoms with van der Waals surface area (Å²) in [6, 6.07) is 2.00. The van der Waals surface area contributed by atoms with E-state index in [1.54, 1.807) is 6.92 Å². The van der Waals surface area contributed by atoms with Gasteiger partial charge in [-0.05, 0) is 45.6 Å². The molecule has 0 saturated heterocycles. The highest BCUT2D eigenvalue weighted by Gasteiger charge is 2.21. The van der Waals surface area contributed by atoms with Crippen LogP contribution < -0.4 is 0 Å². The number of carbonyl (C=O) groups excluding carboxylic acids is 1. The molecule has 1 atom stereocenters. The van der Waals surface area contributed by atoms with Crippen molar-refractivity contribution < 1.29 is 4.79 Å². The van der Waals surface area contributed by atoms with E-state index >= 15 is 0 Å². The number of alkyl halides is 1. The Morgan fingerprint density at radius 1 is 1.37 bits per heavy atom. The Kier molecular flexibility index (Phi) is 4.72. The second kappa shape index (κ2) is 6.13. The first-order chi connectivity index (χ1) is 9.00. The summed E-state index contributed by atoms with van der Waals surface area (Å²) in [7, 11) is 0. The maximum atomic E-state index is 12.1. The summed E-state index contributed by atoms with van der Waals surface area (Å²) < 4.78 is 2.31. The normalized spacial score (nSPS) is 18.5. The summed E-state index contributed by atoms with van der Waals surface area (Å²) in [5, 5.41) is -0.441. The summed E-state index contributed by atoms with van der Waals surface area (Å²) in [6.45, 7) is 6.94. The lowest BCUT2D eigenvalue weighted by molar-refractivity contribution is 0.0991. The fourth-order valence-corrected chi connectivity index (χ4v) is 3.29. The zero-order valence-electron chi connectivity index (χ0n) is 12.2. The molecule has 0 radical (unpaired) electrons. The van der Waals surface area contributed by atoms with Crippen molar-refractivity contribution in [1.29, 1.82) is 0 Å². The average molecular weight is 282 g/mol. The lowest BCUT2D eigenvalue weighted by atomic mass is 9.89. The maximum Gasteiger partial charge on any atom is 0.182 e. The SMILES string of the molecule is Cc1cc(C(=O)C(C)Cl)c(C)n1CC1CCCCC1. The zero-order valence-corrected chi connectivity index (χ0v) is 13.0. The smallest absolute Gasteiger partial charge is 0.182 e. The minimum absolute atomic E-state index is 0.0460. The topological polar surface area (TPSA) is 22.0 Å². The van der Waals surface area contributed by atoms with Crippen LogP contribution in [0.4, 0.5) is 0 Å². The minimum atomic E-state index is -0.441. The van der Waals surface area contributed by atoms with Crippen LogP contribution >= 0.6 is 11.6 Å². The Labute approximate surface area is 121 Å². The van der Waals surface area contributed by atoms with Crippen LogP contribution in [0.15, 0.2) is 6.07 Å². The van der Waals surface area contributed by atoms with E-state index in [1.807, 2.05) is 13.0 Å². The van der Waals surface area contributed by atoms with Gasteiger partial charge in [0.2, 0.25) is 0 Å². The average Bonchev–Trinajstić information content (AvgIpc) is 2.67. The van der Waals surface area contributed by atoms with Gasteiger partial charge in [0.25, 0.3) is 0 Å². The van der Waals surface area contributed by atoms with Crippen LogP contribution in [0.3, 0.4) is 0 Å². The molecule has 0 aliphatic heterocycles. The molecule has 0 spiro atoms. The van der Waals surface area contributed by atoms with Gasteiger partial charge in [-0.1, -0.05) is 19.3 Å². The van der Waals surface area contributed by atoms with Crippen molar-refractivity contribution in [2.45, 2.75) is 64.8 Å². The van der Waals surface area contributed by atoms with Crippen LogP contribution in [0.5, 0.6) is 0 Å². The van der Waals surface area contributed by atoms with Gasteiger partial charge >= 0.3 is 0 Å². The number of hydrogen-bond donors (Lipinski definition) is 0. The standard InChI is InChI=1S/C16H24ClNO/c1-11-9-15(16(19)12(2)17)13(3)18(11)10-14-7-5-4-6-8-14/h9,12,14H,4-8,10H2,1-3H3. The lowest BCUT2D eigenvalue weighted by Crippen LogP contribution is -2.17. The monoisotopic (exact) mass is 281 g/mol. The van der Waals surface area contributed by atoms with Crippen molar-refractivity contribution in [3.8, 4) is 0 Å². The lowest BCUT2D eigenvalue weighted by Gasteiger charge is -2.23. The van der Waals surface area contributed by atoms with Crippen molar-refractivity contribution in [2.75, 3.05) is 0 Å². The summed E-state index contributed by atoms with van der Waals surface area (Å²) >= 11 is 5.93. The first-order valence-corrected chi connectivity index (χ1v) is 7.79. The first-order valence-electron chi connectivity index (χ1n) is 7.35. The second-order valence-electron chi connectivity index (χ2n) is 5.88. The third-order valence-corrected chi connectivity index (χ3v) is 4.56. The number of rotatable bonds is 4. The van der Waals surface area contributed by atoms with E-state index in [0.29, 0.717) is 0 Å². The molecule has 0 N–H and O–H groups in total. The van der Waals surface area contributed by atoms with E-state index in [0.717, 1.165) is 23.7 Å². The third kappa shape index (κ3) is 3.22. The third-order valence-electron chi connectivity index (χ3n) is 4.37. The first kappa shape index (κ1) is 14.6. The molecular formula is C16H24ClNO. The Hall–Kier alpha value is -0.760. The summed E-state index contributed by atoms with van der Waals surface area (Å²) in [5.74, 6) is 0.819. The van der Waals surface area contributed by atoms with E-state index in [9.17, 15) is 4.79 Å². The molecule has 19 heavy (non-hydrogen) atoms. The summed E-state index contributed by atoms with van der Waals surface area (Å²) in [4.78, 5) is 12.1. The highest BCUT2D eigenvalue weighted by Crippen LogP contribution is 2.27. The van der Waals surface area contributed by atoms with E-state index in [4.69, 9.17) is 11.6 Å². The molecule has 2 rings (SSSR count). The fraction of sp³-hybridized carbons (Fsp3) is 0.688. The molecule has 1 aliphatic carbocycles. The highest BCUT2D eigenvalue weighted by molar-refractivity contribution is 6.33. The molecule has 1 unspecified atom stereocenters. The van der Waals surface area contributed by atoms with Gasteiger partial charge in [0.15, 0.2) is 5.78 Å². The van der Waals surface area contributed by atoms with Crippen LogP contribution in [-0.4, -0.2) is 15.7 Å². The Morgan fingerprint density at radius 3 is 2.58 bits per heavy atom. The Balaban J connectivity index is 2.19. The van der Waals surface area contributed by atoms with Crippen LogP contribution in [-0.2, 0) is 6.54 Å². The number of ketones is 1. The predicted molar refractivity (Wildman–Crippen MR) is 80.1 cm³/mol. The zero-order chi connectivity index (χ0) is 14.0. The molecule has 1 aliphatic rings. The minimum Gasteiger partial charge on any atom is -0.348 e. The molecule has 0 aromatic carbocycles. The van der Waals surface area contributed by atoms with Gasteiger partial charge in [0.05, 0.1) is 5.38 Å². The molecule has 3 heteroatoms. The van der Waals surface area contributed by atoms with E-state index < -0.39 is 5.38 Å². The molecule has 0 bridgehead atoms. The Morgan fingerprint density at radius 2 is 2.00 bits per heavy atom. The van der Waals surface area contributed by atoms with Gasteiger partial charge in [-0.15, -0.1) is 11.6 Å². The van der Waals surface area contributed by atoms with Crippen molar-refractivity contribution in [3.05, 3.63) is 23.0 Å². The van der Waals surface area contributed by atoms with Crippen molar-refractivity contribution >= 4 is 17.4 Å². The van der Waals surface area contributed by atoms with Crippen LogP contribution in [0.2, 0.25) is 0 Å². The number of aromatic nitrogens is 1. The number of hydrogen-bond acceptors (Lipinski definition) is 1. The number of Topliss-reactive ketones (excluding diaryl/α,β-unsaturated/α-hetero) is 1. The molecule has 1 fully saturated rings. The molecule has 106 valence electrons. The Bertz CT molecular complexity index is 456. The maximum absolute atomic E-state index is 12.1. The van der Waals surface area contributed by atoms with Crippen LogP contribution in [0.25, 0.3) is 0 Å². The largest absolute Gasteiger partial charge is 0.348 e. The fourth-order valence-electron chi connectivity index (χ4n) is 3.17. The summed E-state index contributed by atoms with van der Waals surface area (Å²) in [6.07, 6.45) is 6.75. The van der Waals surface area contributed by atoms with Crippen LogP contribution in [0.1, 0.15) is 60.8 Å². The molecule has 0 amide bonds. The van der Waals surface area contributed by atoms with Gasteiger partial charge in [-0.25, -0.2) is 0 Å². The molecule has 2 nitrogen and oxygen atoms in total. The number of halogens is 1.